The first kappa shape index (κ1) is 12.4. The molecule has 1 N–H and O–H groups in total. The first-order valence-corrected chi connectivity index (χ1v) is 6.52. The molecule has 1 saturated carbocycles. The zero-order valence-electron chi connectivity index (χ0n) is 11.1. The van der Waals surface area contributed by atoms with Gasteiger partial charge in [0.15, 0.2) is 0 Å². The lowest BCUT2D eigenvalue weighted by Crippen LogP contribution is -2.30. The number of hydrogen-bond acceptors (Lipinski definition) is 3. The zero-order valence-corrected chi connectivity index (χ0v) is 11.1. The average molecular weight is 237 g/mol. The van der Waals surface area contributed by atoms with Crippen LogP contribution in [0.15, 0.2) is 0 Å². The fourth-order valence-electron chi connectivity index (χ4n) is 2.69. The van der Waals surface area contributed by atoms with Gasteiger partial charge in [0.05, 0.1) is 18.4 Å². The van der Waals surface area contributed by atoms with Gasteiger partial charge in [-0.05, 0) is 19.8 Å². The third-order valence-electron chi connectivity index (χ3n) is 3.65. The minimum atomic E-state index is 0.674. The Morgan fingerprint density at radius 1 is 1.35 bits per heavy atom. The molecule has 96 valence electrons. The molecule has 1 fully saturated rings. The van der Waals surface area contributed by atoms with E-state index in [1.54, 1.807) is 7.11 Å². The van der Waals surface area contributed by atoms with E-state index in [9.17, 15) is 0 Å². The van der Waals surface area contributed by atoms with Crippen LogP contribution in [0.3, 0.4) is 0 Å². The minimum Gasteiger partial charge on any atom is -0.481 e. The quantitative estimate of drug-likeness (QED) is 0.872. The number of rotatable bonds is 4. The predicted molar refractivity (Wildman–Crippen MR) is 68.2 cm³/mol. The number of hydrogen-bond donors (Lipinski definition) is 1. The highest BCUT2D eigenvalue weighted by Crippen LogP contribution is 2.22. The Bertz CT molecular complexity index is 367. The van der Waals surface area contributed by atoms with Gasteiger partial charge in [-0.1, -0.05) is 19.3 Å². The first-order chi connectivity index (χ1) is 8.22. The van der Waals surface area contributed by atoms with Crippen molar-refractivity contribution < 1.29 is 4.74 Å². The van der Waals surface area contributed by atoms with Gasteiger partial charge in [0.2, 0.25) is 5.88 Å². The lowest BCUT2D eigenvalue weighted by Gasteiger charge is -2.22. The van der Waals surface area contributed by atoms with Crippen molar-refractivity contribution in [2.24, 2.45) is 7.05 Å². The Hall–Kier alpha value is -1.03. The van der Waals surface area contributed by atoms with Crippen LogP contribution in [0.25, 0.3) is 0 Å². The molecular weight excluding hydrogens is 214 g/mol. The van der Waals surface area contributed by atoms with Crippen molar-refractivity contribution in [3.63, 3.8) is 0 Å². The van der Waals surface area contributed by atoms with Gasteiger partial charge < -0.3 is 10.1 Å². The maximum Gasteiger partial charge on any atom is 0.216 e. The molecule has 1 aromatic heterocycles. The van der Waals surface area contributed by atoms with Crippen LogP contribution in [0.4, 0.5) is 0 Å². The molecule has 0 saturated heterocycles. The molecule has 0 spiro atoms. The lowest BCUT2D eigenvalue weighted by atomic mass is 9.95. The van der Waals surface area contributed by atoms with Crippen LogP contribution in [0, 0.1) is 6.92 Å². The van der Waals surface area contributed by atoms with Gasteiger partial charge in [0.25, 0.3) is 0 Å². The van der Waals surface area contributed by atoms with Gasteiger partial charge in [-0.15, -0.1) is 0 Å². The SMILES string of the molecule is COc1c(CNC2CCCCC2)c(C)nn1C. The molecule has 4 heteroatoms. The molecule has 0 unspecified atom stereocenters. The number of methoxy groups -OCH3 is 1. The summed E-state index contributed by atoms with van der Waals surface area (Å²) in [4.78, 5) is 0. The maximum atomic E-state index is 5.40. The smallest absolute Gasteiger partial charge is 0.216 e. The molecule has 0 bridgehead atoms. The van der Waals surface area contributed by atoms with E-state index in [2.05, 4.69) is 10.4 Å². The van der Waals surface area contributed by atoms with E-state index in [1.165, 1.54) is 37.7 Å². The van der Waals surface area contributed by atoms with Crippen molar-refractivity contribution in [3.05, 3.63) is 11.3 Å². The predicted octanol–water partition coefficient (Wildman–Crippen LogP) is 2.16. The summed E-state index contributed by atoms with van der Waals surface area (Å²) < 4.78 is 7.21. The van der Waals surface area contributed by atoms with Gasteiger partial charge in [-0.25, -0.2) is 4.68 Å². The summed E-state index contributed by atoms with van der Waals surface area (Å²) in [5, 5.41) is 8.03. The molecule has 0 atom stereocenters. The van der Waals surface area contributed by atoms with E-state index in [-0.39, 0.29) is 0 Å². The van der Waals surface area contributed by atoms with E-state index in [0.717, 1.165) is 18.1 Å². The molecule has 4 nitrogen and oxygen atoms in total. The summed E-state index contributed by atoms with van der Waals surface area (Å²) >= 11 is 0. The van der Waals surface area contributed by atoms with E-state index >= 15 is 0 Å². The Morgan fingerprint density at radius 3 is 2.71 bits per heavy atom. The van der Waals surface area contributed by atoms with Crippen molar-refractivity contribution >= 4 is 0 Å². The fraction of sp³-hybridized carbons (Fsp3) is 0.769. The van der Waals surface area contributed by atoms with Crippen molar-refractivity contribution in [2.75, 3.05) is 7.11 Å². The standard InChI is InChI=1S/C13H23N3O/c1-10-12(13(17-3)16(2)15-10)9-14-11-7-5-4-6-8-11/h11,14H,4-9H2,1-3H3. The van der Waals surface area contributed by atoms with Crippen LogP contribution in [-0.2, 0) is 13.6 Å². The Kier molecular flexibility index (Phi) is 4.05. The van der Waals surface area contributed by atoms with Gasteiger partial charge in [0.1, 0.15) is 0 Å². The summed E-state index contributed by atoms with van der Waals surface area (Å²) in [5.41, 5.74) is 2.26. The average Bonchev–Trinajstić information content (AvgIpc) is 2.62. The van der Waals surface area contributed by atoms with E-state index in [1.807, 2.05) is 18.7 Å². The number of nitrogens with one attached hydrogen (secondary N) is 1. The summed E-state index contributed by atoms with van der Waals surface area (Å²) in [5.74, 6) is 0.880. The normalized spacial score (nSPS) is 17.4. The van der Waals surface area contributed by atoms with E-state index in [0.29, 0.717) is 6.04 Å². The van der Waals surface area contributed by atoms with Crippen LogP contribution < -0.4 is 10.1 Å². The van der Waals surface area contributed by atoms with Crippen LogP contribution in [0.2, 0.25) is 0 Å². The first-order valence-electron chi connectivity index (χ1n) is 6.52. The Labute approximate surface area is 103 Å². The van der Waals surface area contributed by atoms with Gasteiger partial charge in [0, 0.05) is 19.6 Å². The lowest BCUT2D eigenvalue weighted by molar-refractivity contribution is 0.354. The Morgan fingerprint density at radius 2 is 2.06 bits per heavy atom. The van der Waals surface area contributed by atoms with Crippen LogP contribution in [-0.4, -0.2) is 22.9 Å². The van der Waals surface area contributed by atoms with Crippen LogP contribution >= 0.6 is 0 Å². The Balaban J connectivity index is 1.97. The third kappa shape index (κ3) is 2.80. The largest absolute Gasteiger partial charge is 0.481 e. The molecule has 0 radical (unpaired) electrons. The van der Waals surface area contributed by atoms with E-state index < -0.39 is 0 Å². The van der Waals surface area contributed by atoms with Crippen molar-refractivity contribution in [2.45, 2.75) is 51.6 Å². The molecule has 1 aliphatic carbocycles. The molecule has 2 rings (SSSR count). The third-order valence-corrected chi connectivity index (χ3v) is 3.65. The number of aryl methyl sites for hydroxylation is 2. The molecule has 1 aliphatic rings. The highest BCUT2D eigenvalue weighted by molar-refractivity contribution is 5.30. The zero-order chi connectivity index (χ0) is 12.3. The van der Waals surface area contributed by atoms with E-state index in [4.69, 9.17) is 4.74 Å². The van der Waals surface area contributed by atoms with Crippen LogP contribution in [0.5, 0.6) is 5.88 Å². The molecule has 1 heterocycles. The number of nitrogens with zero attached hydrogens (tertiary/aromatic N) is 2. The monoisotopic (exact) mass is 237 g/mol. The summed E-state index contributed by atoms with van der Waals surface area (Å²) in [6.07, 6.45) is 6.73. The second kappa shape index (κ2) is 5.54. The second-order valence-corrected chi connectivity index (χ2v) is 4.91. The molecule has 0 aromatic carbocycles. The molecule has 17 heavy (non-hydrogen) atoms. The second-order valence-electron chi connectivity index (χ2n) is 4.91. The van der Waals surface area contributed by atoms with Crippen LogP contribution in [0.1, 0.15) is 43.4 Å². The van der Waals surface area contributed by atoms with Gasteiger partial charge in [-0.3, -0.25) is 0 Å². The van der Waals surface area contributed by atoms with Crippen molar-refractivity contribution in [1.82, 2.24) is 15.1 Å². The fourth-order valence-corrected chi connectivity index (χ4v) is 2.69. The minimum absolute atomic E-state index is 0.674. The molecule has 1 aromatic rings. The van der Waals surface area contributed by atoms with Crippen molar-refractivity contribution in [3.8, 4) is 5.88 Å². The summed E-state index contributed by atoms with van der Waals surface area (Å²) in [6, 6.07) is 0.674. The topological polar surface area (TPSA) is 39.1 Å². The number of ether oxygens (including phenoxy) is 1. The molecular formula is C13H23N3O. The number of aromatic nitrogens is 2. The van der Waals surface area contributed by atoms with Crippen molar-refractivity contribution in [1.29, 1.82) is 0 Å². The molecule has 0 amide bonds. The maximum absolute atomic E-state index is 5.40. The van der Waals surface area contributed by atoms with Gasteiger partial charge >= 0.3 is 0 Å². The highest BCUT2D eigenvalue weighted by atomic mass is 16.5. The molecule has 0 aliphatic heterocycles. The van der Waals surface area contributed by atoms with Gasteiger partial charge in [-0.2, -0.15) is 5.10 Å². The highest BCUT2D eigenvalue weighted by Gasteiger charge is 2.17. The summed E-state index contributed by atoms with van der Waals surface area (Å²) in [6.45, 7) is 2.91. The summed E-state index contributed by atoms with van der Waals surface area (Å²) in [7, 11) is 3.64.